The number of carbonyl (C=O) groups is 1. The molecular formula is C12H13Cl2NO3S. The van der Waals surface area contributed by atoms with E-state index in [0.29, 0.717) is 17.1 Å². The predicted octanol–water partition coefficient (Wildman–Crippen LogP) is 2.10. The molecule has 7 heteroatoms. The van der Waals surface area contributed by atoms with Gasteiger partial charge in [0.2, 0.25) is 5.91 Å². The maximum absolute atomic E-state index is 12.0. The van der Waals surface area contributed by atoms with Gasteiger partial charge < -0.3 is 4.90 Å². The maximum atomic E-state index is 12.0. The molecule has 0 bridgehead atoms. The van der Waals surface area contributed by atoms with Gasteiger partial charge >= 0.3 is 0 Å². The zero-order chi connectivity index (χ0) is 14.0. The summed E-state index contributed by atoms with van der Waals surface area (Å²) >= 11 is 11.5. The lowest BCUT2D eigenvalue weighted by Gasteiger charge is -2.27. The zero-order valence-corrected chi connectivity index (χ0v) is 12.4. The first-order chi connectivity index (χ1) is 8.93. The number of benzene rings is 1. The van der Waals surface area contributed by atoms with Crippen molar-refractivity contribution in [2.75, 3.05) is 22.3 Å². The average molecular weight is 322 g/mol. The molecule has 4 nitrogen and oxygen atoms in total. The van der Waals surface area contributed by atoms with Crippen molar-refractivity contribution < 1.29 is 13.2 Å². The summed E-state index contributed by atoms with van der Waals surface area (Å²) < 4.78 is 23.1. The van der Waals surface area contributed by atoms with Crippen molar-refractivity contribution in [2.45, 2.75) is 12.5 Å². The van der Waals surface area contributed by atoms with Crippen molar-refractivity contribution in [3.8, 4) is 0 Å². The van der Waals surface area contributed by atoms with Gasteiger partial charge in [-0.2, -0.15) is 0 Å². The summed E-state index contributed by atoms with van der Waals surface area (Å²) in [4.78, 5) is 13.4. The number of anilines is 1. The number of rotatable bonds is 3. The highest BCUT2D eigenvalue weighted by molar-refractivity contribution is 7.91. The molecule has 1 aliphatic rings. The van der Waals surface area contributed by atoms with Crippen LogP contribution < -0.4 is 4.90 Å². The Morgan fingerprint density at radius 3 is 2.68 bits per heavy atom. The maximum Gasteiger partial charge on any atom is 0.242 e. The molecule has 0 spiro atoms. The number of alkyl halides is 1. The van der Waals surface area contributed by atoms with Crippen LogP contribution in [0, 0.1) is 0 Å². The Hall–Kier alpha value is -0.780. The molecule has 0 saturated carbocycles. The van der Waals surface area contributed by atoms with Gasteiger partial charge in [0, 0.05) is 10.7 Å². The number of nitrogens with zero attached hydrogens (tertiary/aromatic N) is 1. The molecule has 0 unspecified atom stereocenters. The van der Waals surface area contributed by atoms with Crippen LogP contribution in [0.3, 0.4) is 0 Å². The van der Waals surface area contributed by atoms with E-state index in [4.69, 9.17) is 23.2 Å². The van der Waals surface area contributed by atoms with Gasteiger partial charge in [0.25, 0.3) is 0 Å². The van der Waals surface area contributed by atoms with Gasteiger partial charge in [-0.1, -0.05) is 17.7 Å². The lowest BCUT2D eigenvalue weighted by atomic mass is 10.2. The van der Waals surface area contributed by atoms with E-state index >= 15 is 0 Å². The van der Waals surface area contributed by atoms with Gasteiger partial charge in [-0.3, -0.25) is 4.79 Å². The number of halogens is 2. The molecule has 2 rings (SSSR count). The summed E-state index contributed by atoms with van der Waals surface area (Å²) in [6.45, 7) is 0. The molecule has 0 aliphatic carbocycles. The van der Waals surface area contributed by atoms with Crippen LogP contribution in [0.4, 0.5) is 5.69 Å². The van der Waals surface area contributed by atoms with Gasteiger partial charge in [-0.15, -0.1) is 11.6 Å². The molecule has 19 heavy (non-hydrogen) atoms. The minimum Gasteiger partial charge on any atom is -0.307 e. The van der Waals surface area contributed by atoms with Crippen molar-refractivity contribution in [1.29, 1.82) is 0 Å². The molecule has 1 aliphatic heterocycles. The topological polar surface area (TPSA) is 54.5 Å². The Kier molecular flexibility index (Phi) is 4.38. The molecule has 104 valence electrons. The minimum atomic E-state index is -3.07. The summed E-state index contributed by atoms with van der Waals surface area (Å²) in [5.74, 6) is -0.429. The van der Waals surface area contributed by atoms with E-state index in [1.807, 2.05) is 0 Å². The van der Waals surface area contributed by atoms with Crippen LogP contribution in [-0.4, -0.2) is 37.8 Å². The first-order valence-corrected chi connectivity index (χ1v) is 8.50. The quantitative estimate of drug-likeness (QED) is 0.801. The Morgan fingerprint density at radius 1 is 1.42 bits per heavy atom. The Balaban J connectivity index is 2.35. The van der Waals surface area contributed by atoms with Crippen LogP contribution in [0.5, 0.6) is 0 Å². The van der Waals surface area contributed by atoms with Crippen molar-refractivity contribution >= 4 is 44.6 Å². The first-order valence-electron chi connectivity index (χ1n) is 5.77. The summed E-state index contributed by atoms with van der Waals surface area (Å²) in [7, 11) is -3.07. The Morgan fingerprint density at radius 2 is 2.16 bits per heavy atom. The molecule has 0 N–H and O–H groups in total. The minimum absolute atomic E-state index is 0.0257. The molecule has 1 amide bonds. The van der Waals surface area contributed by atoms with E-state index in [-0.39, 0.29) is 29.3 Å². The summed E-state index contributed by atoms with van der Waals surface area (Å²) in [5.41, 5.74) is 0.584. The fourth-order valence-electron chi connectivity index (χ4n) is 2.23. The molecule has 0 aromatic heterocycles. The molecule has 1 saturated heterocycles. The molecule has 1 aromatic rings. The largest absolute Gasteiger partial charge is 0.307 e. The van der Waals surface area contributed by atoms with Gasteiger partial charge in [-0.05, 0) is 24.6 Å². The fourth-order valence-corrected chi connectivity index (χ4v) is 4.24. The van der Waals surface area contributed by atoms with Crippen molar-refractivity contribution in [1.82, 2.24) is 0 Å². The van der Waals surface area contributed by atoms with Gasteiger partial charge in [0.1, 0.15) is 5.88 Å². The summed E-state index contributed by atoms with van der Waals surface area (Å²) in [5, 5.41) is 0.491. The smallest absolute Gasteiger partial charge is 0.242 e. The third-order valence-corrected chi connectivity index (χ3v) is 5.26. The van der Waals surface area contributed by atoms with Crippen LogP contribution in [0.15, 0.2) is 24.3 Å². The van der Waals surface area contributed by atoms with Crippen LogP contribution in [0.1, 0.15) is 6.42 Å². The fraction of sp³-hybridized carbons (Fsp3) is 0.417. The van der Waals surface area contributed by atoms with Crippen LogP contribution >= 0.6 is 23.2 Å². The first kappa shape index (κ1) is 14.6. The van der Waals surface area contributed by atoms with E-state index in [0.717, 1.165) is 0 Å². The summed E-state index contributed by atoms with van der Waals surface area (Å²) in [6.07, 6.45) is 0.428. The second-order valence-corrected chi connectivity index (χ2v) is 7.37. The van der Waals surface area contributed by atoms with Crippen molar-refractivity contribution in [3.05, 3.63) is 29.3 Å². The number of hydrogen-bond donors (Lipinski definition) is 0. The molecule has 1 fully saturated rings. The van der Waals surface area contributed by atoms with Crippen LogP contribution in [-0.2, 0) is 14.6 Å². The Labute approximate surface area is 122 Å². The standard InChI is InChI=1S/C12H13Cl2NO3S/c13-7-12(16)15(10-3-1-2-9(14)6-10)11-4-5-19(17,18)8-11/h1-3,6,11H,4-5,7-8H2/t11-/m1/s1. The number of amides is 1. The van der Waals surface area contributed by atoms with Gasteiger partial charge in [-0.25, -0.2) is 8.42 Å². The van der Waals surface area contributed by atoms with E-state index in [1.165, 1.54) is 4.90 Å². The second kappa shape index (κ2) is 5.69. The molecule has 1 atom stereocenters. The van der Waals surface area contributed by atoms with Crippen LogP contribution in [0.2, 0.25) is 5.02 Å². The van der Waals surface area contributed by atoms with Crippen molar-refractivity contribution in [3.63, 3.8) is 0 Å². The molecule has 1 heterocycles. The lowest BCUT2D eigenvalue weighted by Crippen LogP contribution is -2.42. The average Bonchev–Trinajstić information content (AvgIpc) is 2.69. The van der Waals surface area contributed by atoms with Crippen LogP contribution in [0.25, 0.3) is 0 Å². The van der Waals surface area contributed by atoms with Gasteiger partial charge in [0.05, 0.1) is 17.5 Å². The molecular weight excluding hydrogens is 309 g/mol. The normalized spacial score (nSPS) is 21.3. The zero-order valence-electron chi connectivity index (χ0n) is 10.1. The highest BCUT2D eigenvalue weighted by Gasteiger charge is 2.35. The summed E-state index contributed by atoms with van der Waals surface area (Å²) in [6, 6.07) is 6.41. The Bertz CT molecular complexity index is 588. The van der Waals surface area contributed by atoms with E-state index < -0.39 is 9.84 Å². The molecule has 1 aromatic carbocycles. The van der Waals surface area contributed by atoms with Crippen molar-refractivity contribution in [2.24, 2.45) is 0 Å². The van der Waals surface area contributed by atoms with Gasteiger partial charge in [0.15, 0.2) is 9.84 Å². The monoisotopic (exact) mass is 321 g/mol. The SMILES string of the molecule is O=C(CCl)N(c1cccc(Cl)c1)[C@@H]1CCS(=O)(=O)C1. The van der Waals surface area contributed by atoms with E-state index in [9.17, 15) is 13.2 Å². The van der Waals surface area contributed by atoms with E-state index in [2.05, 4.69) is 0 Å². The molecule has 0 radical (unpaired) electrons. The number of sulfone groups is 1. The second-order valence-electron chi connectivity index (χ2n) is 4.43. The third-order valence-electron chi connectivity index (χ3n) is 3.04. The lowest BCUT2D eigenvalue weighted by molar-refractivity contribution is -0.116. The highest BCUT2D eigenvalue weighted by atomic mass is 35.5. The highest BCUT2D eigenvalue weighted by Crippen LogP contribution is 2.27. The number of hydrogen-bond acceptors (Lipinski definition) is 3. The van der Waals surface area contributed by atoms with E-state index in [1.54, 1.807) is 24.3 Å². The third kappa shape index (κ3) is 3.41. The number of carbonyl (C=O) groups excluding carboxylic acids is 1. The predicted molar refractivity (Wildman–Crippen MR) is 76.7 cm³/mol.